The van der Waals surface area contributed by atoms with E-state index < -0.39 is 0 Å². The average molecular weight is 269 g/mol. The molecule has 0 atom stereocenters. The van der Waals surface area contributed by atoms with Crippen molar-refractivity contribution in [2.45, 2.75) is 53.4 Å². The SMILES string of the molecule is CC/C1=C(C)/C=C/C=C\N=C(CCC(C)C)C=C=CC1. The number of hydrogen-bond acceptors (Lipinski definition) is 1. The summed E-state index contributed by atoms with van der Waals surface area (Å²) in [6.45, 7) is 8.87. The molecular weight excluding hydrogens is 242 g/mol. The quantitative estimate of drug-likeness (QED) is 0.574. The monoisotopic (exact) mass is 269 g/mol. The number of rotatable bonds is 4. The fourth-order valence-corrected chi connectivity index (χ4v) is 2.04. The van der Waals surface area contributed by atoms with E-state index in [0.29, 0.717) is 5.92 Å². The third kappa shape index (κ3) is 6.54. The summed E-state index contributed by atoms with van der Waals surface area (Å²) in [5, 5.41) is 0. The van der Waals surface area contributed by atoms with Gasteiger partial charge in [0.1, 0.15) is 0 Å². The first-order chi connectivity index (χ1) is 9.63. The highest BCUT2D eigenvalue weighted by atomic mass is 14.7. The largest absolute Gasteiger partial charge is 0.261 e. The van der Waals surface area contributed by atoms with E-state index in [0.717, 1.165) is 25.0 Å². The Morgan fingerprint density at radius 1 is 1.30 bits per heavy atom. The third-order valence-electron chi connectivity index (χ3n) is 3.46. The molecule has 0 saturated carbocycles. The Balaban J connectivity index is 2.90. The maximum absolute atomic E-state index is 4.52. The van der Waals surface area contributed by atoms with Gasteiger partial charge in [-0.1, -0.05) is 44.1 Å². The summed E-state index contributed by atoms with van der Waals surface area (Å²) in [6.07, 6.45) is 16.5. The Kier molecular flexibility index (Phi) is 7.69. The molecule has 0 aromatic rings. The minimum atomic E-state index is 0.706. The van der Waals surface area contributed by atoms with Gasteiger partial charge >= 0.3 is 0 Å². The minimum Gasteiger partial charge on any atom is -0.261 e. The second kappa shape index (κ2) is 9.34. The molecule has 0 unspecified atom stereocenters. The Labute approximate surface area is 124 Å². The van der Waals surface area contributed by atoms with E-state index in [1.165, 1.54) is 17.6 Å². The molecule has 1 aliphatic rings. The van der Waals surface area contributed by atoms with Gasteiger partial charge in [-0.25, -0.2) is 0 Å². The lowest BCUT2D eigenvalue weighted by atomic mass is 10.0. The summed E-state index contributed by atoms with van der Waals surface area (Å²) in [5.41, 5.74) is 7.22. The molecule has 0 aliphatic carbocycles. The molecule has 1 heterocycles. The van der Waals surface area contributed by atoms with Gasteiger partial charge in [0.2, 0.25) is 0 Å². The van der Waals surface area contributed by atoms with Crippen LogP contribution in [0.5, 0.6) is 0 Å². The molecule has 0 saturated heterocycles. The Hall–Kier alpha value is -1.59. The van der Waals surface area contributed by atoms with Crippen molar-refractivity contribution in [3.8, 4) is 0 Å². The molecule has 0 aromatic carbocycles. The minimum absolute atomic E-state index is 0.706. The van der Waals surface area contributed by atoms with E-state index in [-0.39, 0.29) is 0 Å². The fraction of sp³-hybridized carbons (Fsp3) is 0.474. The molecule has 1 nitrogen and oxygen atoms in total. The molecule has 0 radical (unpaired) electrons. The van der Waals surface area contributed by atoms with Gasteiger partial charge in [-0.3, -0.25) is 4.99 Å². The molecule has 0 amide bonds. The van der Waals surface area contributed by atoms with Gasteiger partial charge in [0.05, 0.1) is 0 Å². The van der Waals surface area contributed by atoms with Gasteiger partial charge in [0.15, 0.2) is 0 Å². The van der Waals surface area contributed by atoms with E-state index in [1.807, 2.05) is 18.4 Å². The second-order valence-electron chi connectivity index (χ2n) is 5.61. The zero-order chi connectivity index (χ0) is 14.8. The predicted molar refractivity (Wildman–Crippen MR) is 90.0 cm³/mol. The van der Waals surface area contributed by atoms with Crippen molar-refractivity contribution in [1.82, 2.24) is 0 Å². The molecule has 0 fully saturated rings. The van der Waals surface area contributed by atoms with Crippen LogP contribution in [0.15, 0.2) is 58.4 Å². The van der Waals surface area contributed by atoms with Crippen molar-refractivity contribution in [2.24, 2.45) is 10.9 Å². The van der Waals surface area contributed by atoms with Crippen LogP contribution in [0.25, 0.3) is 0 Å². The number of aliphatic imine (C=N–C) groups is 1. The van der Waals surface area contributed by atoms with Crippen molar-refractivity contribution in [3.63, 3.8) is 0 Å². The normalized spacial score (nSPS) is 23.1. The lowest BCUT2D eigenvalue weighted by Gasteiger charge is -2.04. The summed E-state index contributed by atoms with van der Waals surface area (Å²) < 4.78 is 0. The highest BCUT2D eigenvalue weighted by molar-refractivity contribution is 5.95. The molecule has 108 valence electrons. The smallest absolute Gasteiger partial charge is 0.0480 e. The maximum atomic E-state index is 4.52. The van der Waals surface area contributed by atoms with E-state index in [2.05, 4.69) is 56.6 Å². The zero-order valence-corrected chi connectivity index (χ0v) is 13.3. The topological polar surface area (TPSA) is 12.4 Å². The standard InChI is InChI=1S/C19H27N/c1-5-18-11-6-7-12-19(14-13-16(2)3)20-15-9-8-10-17(18)4/h6,8-10,12,15-16H,5,11,13-14H2,1-4H3/b10-8+,15-9-,18-17-,20-19?. The van der Waals surface area contributed by atoms with Crippen molar-refractivity contribution in [3.05, 3.63) is 53.5 Å². The first kappa shape index (κ1) is 16.5. The van der Waals surface area contributed by atoms with Gasteiger partial charge < -0.3 is 0 Å². The lowest BCUT2D eigenvalue weighted by Crippen LogP contribution is -1.96. The van der Waals surface area contributed by atoms with Crippen LogP contribution in [0.2, 0.25) is 0 Å². The summed E-state index contributed by atoms with van der Waals surface area (Å²) in [7, 11) is 0. The van der Waals surface area contributed by atoms with Gasteiger partial charge in [0.25, 0.3) is 0 Å². The number of hydrogen-bond donors (Lipinski definition) is 0. The first-order valence-corrected chi connectivity index (χ1v) is 7.63. The predicted octanol–water partition coefficient (Wildman–Crippen LogP) is 5.78. The van der Waals surface area contributed by atoms with Crippen LogP contribution >= 0.6 is 0 Å². The number of allylic oxidation sites excluding steroid dienone is 6. The van der Waals surface area contributed by atoms with Crippen molar-refractivity contribution in [1.29, 1.82) is 0 Å². The molecule has 1 rings (SSSR count). The highest BCUT2D eigenvalue weighted by Gasteiger charge is 1.98. The molecule has 20 heavy (non-hydrogen) atoms. The Morgan fingerprint density at radius 2 is 2.10 bits per heavy atom. The van der Waals surface area contributed by atoms with E-state index in [4.69, 9.17) is 0 Å². The average Bonchev–Trinajstić information content (AvgIpc) is 2.41. The van der Waals surface area contributed by atoms with Crippen LogP contribution in [0, 0.1) is 5.92 Å². The fourth-order valence-electron chi connectivity index (χ4n) is 2.04. The van der Waals surface area contributed by atoms with Crippen LogP contribution in [0.3, 0.4) is 0 Å². The van der Waals surface area contributed by atoms with Crippen LogP contribution in [0.1, 0.15) is 53.4 Å². The van der Waals surface area contributed by atoms with Crippen LogP contribution < -0.4 is 0 Å². The van der Waals surface area contributed by atoms with Gasteiger partial charge in [-0.05, 0) is 50.7 Å². The molecule has 0 spiro atoms. The second-order valence-corrected chi connectivity index (χ2v) is 5.61. The van der Waals surface area contributed by atoms with E-state index in [1.54, 1.807) is 0 Å². The maximum Gasteiger partial charge on any atom is 0.0480 e. The van der Waals surface area contributed by atoms with E-state index in [9.17, 15) is 0 Å². The van der Waals surface area contributed by atoms with Gasteiger partial charge in [0, 0.05) is 18.0 Å². The number of nitrogens with zero attached hydrogens (tertiary/aromatic N) is 1. The van der Waals surface area contributed by atoms with E-state index >= 15 is 0 Å². The highest BCUT2D eigenvalue weighted by Crippen LogP contribution is 2.15. The summed E-state index contributed by atoms with van der Waals surface area (Å²) in [5.74, 6) is 0.706. The lowest BCUT2D eigenvalue weighted by molar-refractivity contribution is 0.604. The van der Waals surface area contributed by atoms with Crippen molar-refractivity contribution < 1.29 is 0 Å². The molecule has 1 aliphatic heterocycles. The third-order valence-corrected chi connectivity index (χ3v) is 3.46. The van der Waals surface area contributed by atoms with Crippen molar-refractivity contribution in [2.75, 3.05) is 0 Å². The molecule has 1 heteroatoms. The van der Waals surface area contributed by atoms with Crippen LogP contribution in [-0.2, 0) is 0 Å². The van der Waals surface area contributed by atoms with Crippen LogP contribution in [-0.4, -0.2) is 5.71 Å². The zero-order valence-electron chi connectivity index (χ0n) is 13.3. The molecular formula is C19H27N. The first-order valence-electron chi connectivity index (χ1n) is 7.63. The summed E-state index contributed by atoms with van der Waals surface area (Å²) in [4.78, 5) is 4.52. The van der Waals surface area contributed by atoms with Gasteiger partial charge in [-0.2, -0.15) is 0 Å². The van der Waals surface area contributed by atoms with Crippen molar-refractivity contribution >= 4 is 5.71 Å². The Bertz CT molecular complexity index is 478. The molecule has 0 aromatic heterocycles. The summed E-state index contributed by atoms with van der Waals surface area (Å²) in [6, 6.07) is 0. The Morgan fingerprint density at radius 3 is 2.80 bits per heavy atom. The summed E-state index contributed by atoms with van der Waals surface area (Å²) >= 11 is 0. The van der Waals surface area contributed by atoms with Crippen LogP contribution in [0.4, 0.5) is 0 Å². The molecule has 0 N–H and O–H groups in total. The molecule has 0 bridgehead atoms. The van der Waals surface area contributed by atoms with Gasteiger partial charge in [-0.15, -0.1) is 5.73 Å².